The molecule has 0 atom stereocenters. The van der Waals surface area contributed by atoms with Gasteiger partial charge in [-0.05, 0) is 12.0 Å². The average molecular weight is 249 g/mol. The summed E-state index contributed by atoms with van der Waals surface area (Å²) in [6.07, 6.45) is 3.36. The fourth-order valence-electron chi connectivity index (χ4n) is 1.62. The van der Waals surface area contributed by atoms with Gasteiger partial charge in [0.15, 0.2) is 0 Å². The van der Waals surface area contributed by atoms with Crippen molar-refractivity contribution in [2.75, 3.05) is 36.9 Å². The van der Waals surface area contributed by atoms with Gasteiger partial charge in [-0.25, -0.2) is 9.97 Å². The molecular weight excluding hydrogens is 226 g/mol. The van der Waals surface area contributed by atoms with E-state index >= 15 is 0 Å². The highest BCUT2D eigenvalue weighted by atomic mass is 15.2. The van der Waals surface area contributed by atoms with Gasteiger partial charge in [0.1, 0.15) is 18.0 Å². The molecule has 5 nitrogen and oxygen atoms in total. The normalized spacial score (nSPS) is 11.1. The fraction of sp³-hybridized carbons (Fsp3) is 0.538. The molecule has 0 spiro atoms. The van der Waals surface area contributed by atoms with Gasteiger partial charge in [-0.1, -0.05) is 19.9 Å². The summed E-state index contributed by atoms with van der Waals surface area (Å²) in [5, 5.41) is 3.15. The minimum absolute atomic E-state index is 0.0639. The molecule has 0 unspecified atom stereocenters. The minimum atomic E-state index is 0.0639. The summed E-state index contributed by atoms with van der Waals surface area (Å²) in [6, 6.07) is 1.93. The molecule has 0 bridgehead atoms. The summed E-state index contributed by atoms with van der Waals surface area (Å²) in [5.74, 6) is 1.69. The molecule has 0 aliphatic heterocycles. The average Bonchev–Trinajstić information content (AvgIpc) is 2.36. The maximum Gasteiger partial charge on any atom is 0.133 e. The summed E-state index contributed by atoms with van der Waals surface area (Å²) in [5.41, 5.74) is 5.81. The summed E-state index contributed by atoms with van der Waals surface area (Å²) < 4.78 is 0. The second-order valence-corrected chi connectivity index (χ2v) is 5.16. The van der Waals surface area contributed by atoms with E-state index in [1.807, 2.05) is 13.1 Å². The van der Waals surface area contributed by atoms with Gasteiger partial charge in [-0.3, -0.25) is 0 Å². The molecule has 1 heterocycles. The lowest BCUT2D eigenvalue weighted by Crippen LogP contribution is -2.37. The van der Waals surface area contributed by atoms with Gasteiger partial charge in [0.2, 0.25) is 0 Å². The third kappa shape index (κ3) is 4.33. The Morgan fingerprint density at radius 1 is 1.50 bits per heavy atom. The van der Waals surface area contributed by atoms with Crippen LogP contribution >= 0.6 is 0 Å². The van der Waals surface area contributed by atoms with E-state index in [2.05, 4.69) is 40.6 Å². The number of hydrogen-bond acceptors (Lipinski definition) is 5. The van der Waals surface area contributed by atoms with Crippen LogP contribution in [0, 0.1) is 5.41 Å². The monoisotopic (exact) mass is 249 g/mol. The first-order valence-electron chi connectivity index (χ1n) is 6.06. The van der Waals surface area contributed by atoms with E-state index in [0.29, 0.717) is 13.1 Å². The Balaban J connectivity index is 2.73. The summed E-state index contributed by atoms with van der Waals surface area (Å²) in [6.45, 7) is 10.1. The van der Waals surface area contributed by atoms with E-state index in [9.17, 15) is 0 Å². The highest BCUT2D eigenvalue weighted by Crippen LogP contribution is 2.19. The Morgan fingerprint density at radius 2 is 2.22 bits per heavy atom. The van der Waals surface area contributed by atoms with Crippen molar-refractivity contribution in [2.45, 2.75) is 13.8 Å². The molecule has 0 amide bonds. The molecule has 1 rings (SSSR count). The SMILES string of the molecule is C=CCNc1cc(N(C)CC(C)(C)CN)ncn1. The molecule has 1 aromatic heterocycles. The van der Waals surface area contributed by atoms with Crippen molar-refractivity contribution in [1.82, 2.24) is 9.97 Å². The van der Waals surface area contributed by atoms with Gasteiger partial charge in [0.25, 0.3) is 0 Å². The standard InChI is InChI=1S/C13H23N5/c1-5-6-15-11-7-12(17-10-16-11)18(4)9-13(2,3)8-14/h5,7,10H,1,6,8-9,14H2,2-4H3,(H,15,16,17). The number of nitrogens with zero attached hydrogens (tertiary/aromatic N) is 3. The lowest BCUT2D eigenvalue weighted by molar-refractivity contribution is 0.384. The summed E-state index contributed by atoms with van der Waals surface area (Å²) >= 11 is 0. The van der Waals surface area contributed by atoms with Crippen LogP contribution in [0.5, 0.6) is 0 Å². The van der Waals surface area contributed by atoms with Crippen molar-refractivity contribution in [2.24, 2.45) is 11.1 Å². The number of hydrogen-bond donors (Lipinski definition) is 2. The molecule has 100 valence electrons. The largest absolute Gasteiger partial charge is 0.366 e. The van der Waals surface area contributed by atoms with E-state index in [0.717, 1.165) is 18.2 Å². The van der Waals surface area contributed by atoms with Crippen LogP contribution in [0.1, 0.15) is 13.8 Å². The third-order valence-corrected chi connectivity index (χ3v) is 2.69. The Kier molecular flexibility index (Phi) is 5.09. The second-order valence-electron chi connectivity index (χ2n) is 5.16. The molecule has 5 heteroatoms. The highest BCUT2D eigenvalue weighted by Gasteiger charge is 2.19. The number of nitrogens with two attached hydrogens (primary N) is 1. The maximum atomic E-state index is 5.75. The van der Waals surface area contributed by atoms with Gasteiger partial charge in [-0.15, -0.1) is 6.58 Å². The zero-order chi connectivity index (χ0) is 13.6. The van der Waals surface area contributed by atoms with Crippen LogP contribution in [0.3, 0.4) is 0 Å². The van der Waals surface area contributed by atoms with Crippen molar-refractivity contribution in [1.29, 1.82) is 0 Å². The molecule has 3 N–H and O–H groups in total. The topological polar surface area (TPSA) is 67.1 Å². The van der Waals surface area contributed by atoms with Gasteiger partial charge >= 0.3 is 0 Å². The predicted octanol–water partition coefficient (Wildman–Crippen LogP) is 1.50. The van der Waals surface area contributed by atoms with Crippen molar-refractivity contribution in [3.8, 4) is 0 Å². The quantitative estimate of drug-likeness (QED) is 0.717. The number of anilines is 2. The Morgan fingerprint density at radius 3 is 2.83 bits per heavy atom. The van der Waals surface area contributed by atoms with E-state index in [1.54, 1.807) is 12.4 Å². The molecule has 1 aromatic rings. The van der Waals surface area contributed by atoms with Crippen LogP contribution in [0.4, 0.5) is 11.6 Å². The van der Waals surface area contributed by atoms with Crippen molar-refractivity contribution < 1.29 is 0 Å². The first-order valence-corrected chi connectivity index (χ1v) is 6.06. The van der Waals surface area contributed by atoms with Crippen molar-refractivity contribution in [3.63, 3.8) is 0 Å². The molecule has 0 saturated carbocycles. The number of rotatable bonds is 7. The first kappa shape index (κ1) is 14.4. The van der Waals surface area contributed by atoms with E-state index in [-0.39, 0.29) is 5.41 Å². The molecule has 0 aliphatic carbocycles. The highest BCUT2D eigenvalue weighted by molar-refractivity contribution is 5.48. The fourth-order valence-corrected chi connectivity index (χ4v) is 1.62. The Hall–Kier alpha value is -1.62. The third-order valence-electron chi connectivity index (χ3n) is 2.69. The van der Waals surface area contributed by atoms with E-state index in [1.165, 1.54) is 0 Å². The zero-order valence-corrected chi connectivity index (χ0v) is 11.5. The van der Waals surface area contributed by atoms with Gasteiger partial charge in [-0.2, -0.15) is 0 Å². The zero-order valence-electron chi connectivity index (χ0n) is 11.5. The molecule has 0 aromatic carbocycles. The first-order chi connectivity index (χ1) is 8.48. The van der Waals surface area contributed by atoms with Crippen molar-refractivity contribution in [3.05, 3.63) is 25.0 Å². The van der Waals surface area contributed by atoms with Crippen LogP contribution < -0.4 is 16.0 Å². The Labute approximate surface area is 109 Å². The van der Waals surface area contributed by atoms with Gasteiger partial charge < -0.3 is 16.0 Å². The van der Waals surface area contributed by atoms with Crippen LogP contribution in [0.25, 0.3) is 0 Å². The van der Waals surface area contributed by atoms with E-state index in [4.69, 9.17) is 5.73 Å². The lowest BCUT2D eigenvalue weighted by Gasteiger charge is -2.29. The molecule has 0 saturated heterocycles. The van der Waals surface area contributed by atoms with Gasteiger partial charge in [0, 0.05) is 26.2 Å². The molecule has 0 fully saturated rings. The summed E-state index contributed by atoms with van der Waals surface area (Å²) in [7, 11) is 2.01. The van der Waals surface area contributed by atoms with Crippen LogP contribution in [-0.2, 0) is 0 Å². The molecule has 18 heavy (non-hydrogen) atoms. The van der Waals surface area contributed by atoms with Crippen LogP contribution in [0.15, 0.2) is 25.0 Å². The second kappa shape index (κ2) is 6.35. The van der Waals surface area contributed by atoms with Crippen molar-refractivity contribution >= 4 is 11.6 Å². The van der Waals surface area contributed by atoms with Crippen LogP contribution in [0.2, 0.25) is 0 Å². The summed E-state index contributed by atoms with van der Waals surface area (Å²) in [4.78, 5) is 10.5. The molecule has 0 aliphatic rings. The predicted molar refractivity (Wildman–Crippen MR) is 76.8 cm³/mol. The Bertz CT molecular complexity index is 389. The van der Waals surface area contributed by atoms with Gasteiger partial charge in [0.05, 0.1) is 0 Å². The van der Waals surface area contributed by atoms with E-state index < -0.39 is 0 Å². The smallest absolute Gasteiger partial charge is 0.133 e. The number of aromatic nitrogens is 2. The maximum absolute atomic E-state index is 5.75. The molecular formula is C13H23N5. The number of nitrogens with one attached hydrogen (secondary N) is 1. The minimum Gasteiger partial charge on any atom is -0.366 e. The van der Waals surface area contributed by atoms with Crippen LogP contribution in [-0.4, -0.2) is 36.6 Å². The molecule has 0 radical (unpaired) electrons. The lowest BCUT2D eigenvalue weighted by atomic mass is 9.93.